The van der Waals surface area contributed by atoms with E-state index in [1.165, 1.54) is 6.42 Å². The first kappa shape index (κ1) is 18.5. The lowest BCUT2D eigenvalue weighted by Crippen LogP contribution is -2.35. The van der Waals surface area contributed by atoms with Crippen molar-refractivity contribution in [1.82, 2.24) is 5.32 Å². The maximum Gasteiger partial charge on any atom is 0.185 e. The average molecular weight is 400 g/mol. The van der Waals surface area contributed by atoms with E-state index in [1.807, 2.05) is 11.8 Å². The lowest BCUT2D eigenvalue weighted by molar-refractivity contribution is 0.0897. The van der Waals surface area contributed by atoms with Gasteiger partial charge < -0.3 is 10.1 Å². The maximum absolute atomic E-state index is 7.05. The summed E-state index contributed by atoms with van der Waals surface area (Å²) in [6, 6.07) is 31.8. The quantitative estimate of drug-likeness (QED) is 0.568. The van der Waals surface area contributed by atoms with Crippen LogP contribution < -0.4 is 5.32 Å². The molecule has 1 fully saturated rings. The fourth-order valence-electron chi connectivity index (χ4n) is 4.44. The zero-order valence-electron chi connectivity index (χ0n) is 16.3. The lowest BCUT2D eigenvalue weighted by atomic mass is 9.80. The van der Waals surface area contributed by atoms with Gasteiger partial charge in [0, 0.05) is 34.4 Å². The molecular formula is C26H25NOS. The number of hydrogen-bond acceptors (Lipinski definition) is 3. The van der Waals surface area contributed by atoms with E-state index in [0.717, 1.165) is 34.9 Å². The molecule has 1 N–H and O–H groups in total. The number of benzene rings is 3. The zero-order chi connectivity index (χ0) is 19.5. The van der Waals surface area contributed by atoms with Gasteiger partial charge in [-0.25, -0.2) is 0 Å². The van der Waals surface area contributed by atoms with E-state index in [4.69, 9.17) is 4.74 Å². The topological polar surface area (TPSA) is 21.3 Å². The van der Waals surface area contributed by atoms with E-state index in [1.54, 1.807) is 0 Å². The van der Waals surface area contributed by atoms with Gasteiger partial charge in [0.1, 0.15) is 0 Å². The van der Waals surface area contributed by atoms with Crippen LogP contribution in [-0.2, 0) is 10.3 Å². The Balaban J connectivity index is 1.66. The molecule has 0 saturated carbocycles. The van der Waals surface area contributed by atoms with Crippen LogP contribution in [-0.4, -0.2) is 18.3 Å². The van der Waals surface area contributed by atoms with Crippen LogP contribution >= 0.6 is 11.8 Å². The molecule has 3 aromatic rings. The molecular weight excluding hydrogens is 374 g/mol. The van der Waals surface area contributed by atoms with Crippen LogP contribution in [0, 0.1) is 5.92 Å². The molecule has 2 nitrogen and oxygen atoms in total. The largest absolute Gasteiger partial charge is 0.467 e. The Bertz CT molecular complexity index is 875. The second-order valence-corrected chi connectivity index (χ2v) is 8.92. The van der Waals surface area contributed by atoms with E-state index in [-0.39, 0.29) is 0 Å². The molecule has 2 atom stereocenters. The molecule has 3 aromatic carbocycles. The molecule has 2 aliphatic heterocycles. The average Bonchev–Trinajstić information content (AvgIpc) is 3.22. The molecule has 0 aliphatic carbocycles. The van der Waals surface area contributed by atoms with E-state index in [0.29, 0.717) is 11.2 Å². The first-order chi connectivity index (χ1) is 14.4. The third kappa shape index (κ3) is 3.50. The summed E-state index contributed by atoms with van der Waals surface area (Å²) in [6.07, 6.45) is 3.53. The summed E-state index contributed by atoms with van der Waals surface area (Å²) in [6.45, 7) is 2.13. The third-order valence-electron chi connectivity index (χ3n) is 5.88. The van der Waals surface area contributed by atoms with Crippen LogP contribution in [0.25, 0.3) is 0 Å². The number of hydrogen-bond donors (Lipinski definition) is 1. The van der Waals surface area contributed by atoms with Crippen LogP contribution in [0.2, 0.25) is 0 Å². The summed E-state index contributed by atoms with van der Waals surface area (Å²) in [7, 11) is 0. The van der Waals surface area contributed by atoms with Crippen molar-refractivity contribution < 1.29 is 4.74 Å². The Morgan fingerprint density at radius 2 is 1.28 bits per heavy atom. The predicted molar refractivity (Wildman–Crippen MR) is 121 cm³/mol. The third-order valence-corrected chi connectivity index (χ3v) is 7.22. The molecule has 5 rings (SSSR count). The highest BCUT2D eigenvalue weighted by atomic mass is 32.2. The van der Waals surface area contributed by atoms with E-state index in [2.05, 4.69) is 102 Å². The fraction of sp³-hybridized carbons (Fsp3) is 0.231. The Hall–Kier alpha value is -2.49. The summed E-state index contributed by atoms with van der Waals surface area (Å²) in [5, 5.41) is 5.18. The highest BCUT2D eigenvalue weighted by Crippen LogP contribution is 2.48. The van der Waals surface area contributed by atoms with Gasteiger partial charge in [-0.2, -0.15) is 0 Å². The summed E-state index contributed by atoms with van der Waals surface area (Å²) < 4.78 is 7.05. The number of rotatable bonds is 5. The van der Waals surface area contributed by atoms with Crippen molar-refractivity contribution in [3.63, 3.8) is 0 Å². The highest BCUT2D eigenvalue weighted by Gasteiger charge is 2.42. The summed E-state index contributed by atoms with van der Waals surface area (Å²) in [5.41, 5.74) is 2.76. The zero-order valence-corrected chi connectivity index (χ0v) is 17.1. The maximum atomic E-state index is 7.05. The Morgan fingerprint density at radius 1 is 0.759 bits per heavy atom. The monoisotopic (exact) mass is 399 g/mol. The summed E-state index contributed by atoms with van der Waals surface area (Å²) in [5.74, 6) is 0.545. The first-order valence-electron chi connectivity index (χ1n) is 10.3. The van der Waals surface area contributed by atoms with Crippen LogP contribution in [0.5, 0.6) is 0 Å². The van der Waals surface area contributed by atoms with Gasteiger partial charge in [0.15, 0.2) is 10.7 Å². The highest BCUT2D eigenvalue weighted by molar-refractivity contribution is 8.03. The SMILES string of the molecule is C1=C(OC(c2ccccc2)(c2ccccc2)c2ccccc2)SC2CCNCC12. The molecule has 146 valence electrons. The Kier molecular flexibility index (Phi) is 5.17. The van der Waals surface area contributed by atoms with Gasteiger partial charge in [0.2, 0.25) is 0 Å². The normalized spacial score (nSPS) is 21.3. The van der Waals surface area contributed by atoms with Crippen molar-refractivity contribution in [2.45, 2.75) is 17.3 Å². The number of ether oxygens (including phenoxy) is 1. The molecule has 0 radical (unpaired) electrons. The predicted octanol–water partition coefficient (Wildman–Crippen LogP) is 5.56. The molecule has 0 bridgehead atoms. The minimum atomic E-state index is -0.677. The molecule has 29 heavy (non-hydrogen) atoms. The van der Waals surface area contributed by atoms with Crippen molar-refractivity contribution in [2.75, 3.05) is 13.1 Å². The Morgan fingerprint density at radius 3 is 1.76 bits per heavy atom. The smallest absolute Gasteiger partial charge is 0.185 e. The number of nitrogens with one attached hydrogen (secondary N) is 1. The van der Waals surface area contributed by atoms with Gasteiger partial charge >= 0.3 is 0 Å². The minimum Gasteiger partial charge on any atom is -0.467 e. The van der Waals surface area contributed by atoms with Crippen LogP contribution in [0.4, 0.5) is 0 Å². The number of piperidine rings is 1. The van der Waals surface area contributed by atoms with E-state index < -0.39 is 5.60 Å². The molecule has 3 heteroatoms. The van der Waals surface area contributed by atoms with Gasteiger partial charge in [-0.15, -0.1) is 0 Å². The standard InChI is InChI=1S/C26H25NOS/c1-4-10-21(11-5-1)26(22-12-6-2-7-13-22,23-14-8-3-9-15-23)28-25-18-20-19-27-17-16-24(20)29-25/h1-15,18,20,24,27H,16-17,19H2. The molecule has 2 heterocycles. The van der Waals surface area contributed by atoms with Gasteiger partial charge in [0.05, 0.1) is 0 Å². The number of thioether (sulfide) groups is 1. The molecule has 0 amide bonds. The summed E-state index contributed by atoms with van der Waals surface area (Å²) >= 11 is 1.90. The van der Waals surface area contributed by atoms with Gasteiger partial charge in [-0.05, 0) is 19.0 Å². The second-order valence-electron chi connectivity index (χ2n) is 7.68. The summed E-state index contributed by atoms with van der Waals surface area (Å²) in [4.78, 5) is 0. The van der Waals surface area contributed by atoms with Crippen molar-refractivity contribution in [3.05, 3.63) is 119 Å². The van der Waals surface area contributed by atoms with Crippen LogP contribution in [0.1, 0.15) is 23.1 Å². The minimum absolute atomic E-state index is 0.545. The molecule has 0 spiro atoms. The van der Waals surface area contributed by atoms with Crippen molar-refractivity contribution in [1.29, 1.82) is 0 Å². The molecule has 2 unspecified atom stereocenters. The first-order valence-corrected chi connectivity index (χ1v) is 11.2. The Labute approximate surface area is 177 Å². The fourth-order valence-corrected chi connectivity index (χ4v) is 5.75. The van der Waals surface area contributed by atoms with Gasteiger partial charge in [0.25, 0.3) is 0 Å². The number of fused-ring (bicyclic) bond motifs is 1. The second kappa shape index (κ2) is 8.10. The van der Waals surface area contributed by atoms with Gasteiger partial charge in [-0.1, -0.05) is 103 Å². The van der Waals surface area contributed by atoms with Crippen LogP contribution in [0.15, 0.2) is 102 Å². The molecule has 2 aliphatic rings. The van der Waals surface area contributed by atoms with Crippen molar-refractivity contribution in [3.8, 4) is 0 Å². The molecule has 1 saturated heterocycles. The van der Waals surface area contributed by atoms with Gasteiger partial charge in [-0.3, -0.25) is 0 Å². The van der Waals surface area contributed by atoms with Crippen molar-refractivity contribution in [2.24, 2.45) is 5.92 Å². The lowest BCUT2D eigenvalue weighted by Gasteiger charge is -2.36. The van der Waals surface area contributed by atoms with E-state index >= 15 is 0 Å². The van der Waals surface area contributed by atoms with E-state index in [9.17, 15) is 0 Å². The molecule has 0 aromatic heterocycles. The van der Waals surface area contributed by atoms with Crippen molar-refractivity contribution >= 4 is 11.8 Å². The van der Waals surface area contributed by atoms with Crippen LogP contribution in [0.3, 0.4) is 0 Å².